The second-order valence-electron chi connectivity index (χ2n) is 10.3. The molecule has 0 atom stereocenters. The molecule has 0 radical (unpaired) electrons. The average molecular weight is 457 g/mol. The van der Waals surface area contributed by atoms with E-state index in [1.54, 1.807) is 18.2 Å². The van der Waals surface area contributed by atoms with Crippen LogP contribution in [0, 0.1) is 0 Å². The average Bonchev–Trinajstić information content (AvgIpc) is 2.88. The molecule has 3 N–H and O–H groups in total. The Balaban J connectivity index is 1.72. The van der Waals surface area contributed by atoms with Gasteiger partial charge in [0, 0.05) is 11.5 Å². The zero-order valence-corrected chi connectivity index (χ0v) is 19.9. The van der Waals surface area contributed by atoms with Crippen LogP contribution in [0.15, 0.2) is 60.7 Å². The van der Waals surface area contributed by atoms with E-state index in [2.05, 4.69) is 12.1 Å². The summed E-state index contributed by atoms with van der Waals surface area (Å²) in [6, 6.07) is 19.3. The number of phenols is 3. The fourth-order valence-corrected chi connectivity index (χ4v) is 6.42. The van der Waals surface area contributed by atoms with Crippen LogP contribution in [0.2, 0.25) is 0 Å². The van der Waals surface area contributed by atoms with E-state index in [4.69, 9.17) is 0 Å². The van der Waals surface area contributed by atoms with Crippen molar-refractivity contribution in [2.24, 2.45) is 0 Å². The molecule has 0 spiro atoms. The van der Waals surface area contributed by atoms with Crippen molar-refractivity contribution >= 4 is 0 Å². The quantitative estimate of drug-likeness (QED) is 0.340. The Bertz CT molecular complexity index is 1060. The molecule has 0 amide bonds. The third-order valence-electron chi connectivity index (χ3n) is 8.10. The lowest BCUT2D eigenvalue weighted by atomic mass is 9.72. The number of aromatic hydroxyl groups is 3. The minimum Gasteiger partial charge on any atom is -0.508 e. The normalized spacial score (nSPS) is 17.8. The molecule has 2 aliphatic carbocycles. The lowest BCUT2D eigenvalue weighted by Gasteiger charge is -2.32. The van der Waals surface area contributed by atoms with E-state index in [0.717, 1.165) is 42.4 Å². The molecule has 0 heterocycles. The predicted octanol–water partition coefficient (Wildman–Crippen LogP) is 8.08. The van der Waals surface area contributed by atoms with Gasteiger partial charge >= 0.3 is 0 Å². The maximum atomic E-state index is 11.0. The Labute approximate surface area is 203 Å². The molecule has 0 unspecified atom stereocenters. The lowest BCUT2D eigenvalue weighted by molar-refractivity contribution is 0.431. The monoisotopic (exact) mass is 456 g/mol. The first kappa shape index (κ1) is 22.8. The Morgan fingerprint density at radius 3 is 1.47 bits per heavy atom. The number of hydrogen-bond acceptors (Lipinski definition) is 3. The zero-order valence-electron chi connectivity index (χ0n) is 19.9. The molecule has 34 heavy (non-hydrogen) atoms. The Morgan fingerprint density at radius 2 is 1.00 bits per heavy atom. The van der Waals surface area contributed by atoms with Crippen LogP contribution in [0.3, 0.4) is 0 Å². The molecule has 5 rings (SSSR count). The molecule has 3 aromatic carbocycles. The van der Waals surface area contributed by atoms with Crippen LogP contribution in [0.4, 0.5) is 0 Å². The molecule has 3 nitrogen and oxygen atoms in total. The van der Waals surface area contributed by atoms with Gasteiger partial charge in [0.05, 0.1) is 0 Å². The van der Waals surface area contributed by atoms with Gasteiger partial charge in [0.25, 0.3) is 0 Å². The van der Waals surface area contributed by atoms with E-state index in [1.807, 2.05) is 30.3 Å². The van der Waals surface area contributed by atoms with Crippen LogP contribution >= 0.6 is 0 Å². The van der Waals surface area contributed by atoms with Crippen molar-refractivity contribution in [1.82, 2.24) is 0 Å². The molecule has 2 fully saturated rings. The second-order valence-corrected chi connectivity index (χ2v) is 10.3. The molecule has 0 aliphatic heterocycles. The van der Waals surface area contributed by atoms with Gasteiger partial charge in [-0.1, -0.05) is 68.9 Å². The van der Waals surface area contributed by atoms with Gasteiger partial charge in [0.15, 0.2) is 0 Å². The van der Waals surface area contributed by atoms with E-state index in [1.165, 1.54) is 49.7 Å². The van der Waals surface area contributed by atoms with Crippen LogP contribution in [0.1, 0.15) is 110 Å². The molecule has 0 saturated heterocycles. The predicted molar refractivity (Wildman–Crippen MR) is 137 cm³/mol. The van der Waals surface area contributed by atoms with Crippen LogP contribution < -0.4 is 0 Å². The number of rotatable bonds is 5. The first-order valence-corrected chi connectivity index (χ1v) is 13.1. The lowest BCUT2D eigenvalue weighted by Crippen LogP contribution is -2.15. The molecule has 178 valence electrons. The minimum atomic E-state index is -0.156. The summed E-state index contributed by atoms with van der Waals surface area (Å²) >= 11 is 0. The SMILES string of the molecule is Oc1ccc(C(c2ccccc2O)c2ccc(O)cc2C2CCCCC2)c(C2CCCCC2)c1. The summed E-state index contributed by atoms with van der Waals surface area (Å²) in [5, 5.41) is 31.9. The Hall–Kier alpha value is -2.94. The van der Waals surface area contributed by atoms with Gasteiger partial charge in [0.2, 0.25) is 0 Å². The van der Waals surface area contributed by atoms with Gasteiger partial charge in [0.1, 0.15) is 17.2 Å². The van der Waals surface area contributed by atoms with Crippen molar-refractivity contribution in [1.29, 1.82) is 0 Å². The summed E-state index contributed by atoms with van der Waals surface area (Å²) in [5.41, 5.74) is 5.61. The van der Waals surface area contributed by atoms with Gasteiger partial charge in [-0.15, -0.1) is 0 Å². The topological polar surface area (TPSA) is 60.7 Å². The van der Waals surface area contributed by atoms with Gasteiger partial charge in [-0.3, -0.25) is 0 Å². The molecule has 3 aromatic rings. The highest BCUT2D eigenvalue weighted by molar-refractivity contribution is 5.56. The summed E-state index contributed by atoms with van der Waals surface area (Å²) in [4.78, 5) is 0. The number of benzene rings is 3. The van der Waals surface area contributed by atoms with Crippen molar-refractivity contribution in [2.75, 3.05) is 0 Å². The van der Waals surface area contributed by atoms with Gasteiger partial charge < -0.3 is 15.3 Å². The standard InChI is InChI=1S/C31H36O3/c32-23-15-17-25(28(19-23)21-9-3-1-4-10-21)31(27-13-7-8-14-30(27)34)26-18-16-24(33)20-29(26)22-11-5-2-6-12-22/h7-8,13-22,31-34H,1-6,9-12H2. The third-order valence-corrected chi connectivity index (χ3v) is 8.10. The van der Waals surface area contributed by atoms with Crippen LogP contribution in [0.5, 0.6) is 17.2 Å². The summed E-state index contributed by atoms with van der Waals surface area (Å²) in [7, 11) is 0. The molecule has 0 bridgehead atoms. The van der Waals surface area contributed by atoms with E-state index < -0.39 is 0 Å². The van der Waals surface area contributed by atoms with Crippen molar-refractivity contribution < 1.29 is 15.3 Å². The van der Waals surface area contributed by atoms with Crippen LogP contribution in [0.25, 0.3) is 0 Å². The van der Waals surface area contributed by atoms with Gasteiger partial charge in [-0.25, -0.2) is 0 Å². The number of para-hydroxylation sites is 1. The summed E-state index contributed by atoms with van der Waals surface area (Å²) in [6.45, 7) is 0. The number of hydrogen-bond donors (Lipinski definition) is 3. The summed E-state index contributed by atoms with van der Waals surface area (Å²) < 4.78 is 0. The highest BCUT2D eigenvalue weighted by atomic mass is 16.3. The largest absolute Gasteiger partial charge is 0.508 e. The number of phenolic OH excluding ortho intramolecular Hbond substituents is 3. The Morgan fingerprint density at radius 1 is 0.529 bits per heavy atom. The van der Waals surface area contributed by atoms with Crippen molar-refractivity contribution in [3.63, 3.8) is 0 Å². The van der Waals surface area contributed by atoms with E-state index >= 15 is 0 Å². The molecular formula is C31H36O3. The third kappa shape index (κ3) is 4.66. The maximum absolute atomic E-state index is 11.0. The summed E-state index contributed by atoms with van der Waals surface area (Å²) in [5.74, 6) is 1.57. The van der Waals surface area contributed by atoms with E-state index in [-0.39, 0.29) is 11.7 Å². The van der Waals surface area contributed by atoms with Gasteiger partial charge in [-0.2, -0.15) is 0 Å². The molecule has 0 aromatic heterocycles. The first-order chi connectivity index (χ1) is 16.6. The molecule has 2 aliphatic rings. The van der Waals surface area contributed by atoms with Crippen LogP contribution in [-0.2, 0) is 0 Å². The van der Waals surface area contributed by atoms with E-state index in [9.17, 15) is 15.3 Å². The zero-order chi connectivity index (χ0) is 23.5. The molecular weight excluding hydrogens is 420 g/mol. The van der Waals surface area contributed by atoms with E-state index in [0.29, 0.717) is 23.3 Å². The van der Waals surface area contributed by atoms with Crippen molar-refractivity contribution in [3.8, 4) is 17.2 Å². The van der Waals surface area contributed by atoms with Crippen molar-refractivity contribution in [3.05, 3.63) is 88.5 Å². The Kier molecular flexibility index (Phi) is 6.80. The molecule has 2 saturated carbocycles. The highest BCUT2D eigenvalue weighted by Crippen LogP contribution is 2.47. The van der Waals surface area contributed by atoms with Crippen LogP contribution in [-0.4, -0.2) is 15.3 Å². The highest BCUT2D eigenvalue weighted by Gasteiger charge is 2.30. The minimum absolute atomic E-state index is 0.156. The first-order valence-electron chi connectivity index (χ1n) is 13.1. The smallest absolute Gasteiger partial charge is 0.119 e. The maximum Gasteiger partial charge on any atom is 0.119 e. The fourth-order valence-electron chi connectivity index (χ4n) is 6.42. The van der Waals surface area contributed by atoms with Crippen molar-refractivity contribution in [2.45, 2.75) is 82.0 Å². The summed E-state index contributed by atoms with van der Waals surface area (Å²) in [6.07, 6.45) is 11.9. The molecule has 3 heteroatoms. The second kappa shape index (κ2) is 10.1. The van der Waals surface area contributed by atoms with Gasteiger partial charge in [-0.05, 0) is 90.1 Å². The fraction of sp³-hybridized carbons (Fsp3) is 0.419.